The van der Waals surface area contributed by atoms with E-state index in [-0.39, 0.29) is 18.9 Å². The summed E-state index contributed by atoms with van der Waals surface area (Å²) in [5, 5.41) is 2.69. The molecule has 1 amide bonds. The number of hydrogen-bond acceptors (Lipinski definition) is 1. The second-order valence-electron chi connectivity index (χ2n) is 4.77. The molecule has 0 aliphatic rings. The third-order valence-electron chi connectivity index (χ3n) is 3.05. The fourth-order valence-electron chi connectivity index (χ4n) is 1.86. The quantitative estimate of drug-likeness (QED) is 0.851. The number of benzene rings is 2. The van der Waals surface area contributed by atoms with Gasteiger partial charge in [-0.3, -0.25) is 4.79 Å². The van der Waals surface area contributed by atoms with Crippen molar-refractivity contribution in [3.8, 4) is 0 Å². The maximum absolute atomic E-state index is 12.4. The average molecular weight is 372 g/mol. The molecule has 0 heterocycles. The number of carbonyl (C=O) groups is 1. The maximum atomic E-state index is 12.4. The van der Waals surface area contributed by atoms with E-state index in [0.717, 1.165) is 22.2 Å². The Hall–Kier alpha value is -1.82. The first-order valence-electron chi connectivity index (χ1n) is 6.52. The lowest BCUT2D eigenvalue weighted by molar-refractivity contribution is -0.137. The molecule has 1 N–H and O–H groups in total. The van der Waals surface area contributed by atoms with E-state index in [9.17, 15) is 18.0 Å². The molecule has 0 aliphatic carbocycles. The van der Waals surface area contributed by atoms with Crippen LogP contribution in [0.15, 0.2) is 53.0 Å². The van der Waals surface area contributed by atoms with Crippen LogP contribution in [-0.4, -0.2) is 5.91 Å². The second-order valence-corrected chi connectivity index (χ2v) is 5.69. The van der Waals surface area contributed by atoms with Gasteiger partial charge in [0.25, 0.3) is 0 Å². The fourth-order valence-corrected chi connectivity index (χ4v) is 2.13. The molecular weight excluding hydrogens is 359 g/mol. The molecule has 2 aromatic carbocycles. The van der Waals surface area contributed by atoms with Gasteiger partial charge in [-0.25, -0.2) is 0 Å². The number of alkyl halides is 3. The number of halogens is 4. The largest absolute Gasteiger partial charge is 0.416 e. The highest BCUT2D eigenvalue weighted by atomic mass is 79.9. The van der Waals surface area contributed by atoms with Gasteiger partial charge >= 0.3 is 6.18 Å². The van der Waals surface area contributed by atoms with Gasteiger partial charge in [-0.05, 0) is 35.4 Å². The Morgan fingerprint density at radius 3 is 2.05 bits per heavy atom. The van der Waals surface area contributed by atoms with E-state index in [0.29, 0.717) is 5.56 Å². The van der Waals surface area contributed by atoms with Crippen molar-refractivity contribution in [3.05, 3.63) is 69.7 Å². The van der Waals surface area contributed by atoms with Crippen LogP contribution in [0.1, 0.15) is 16.7 Å². The highest BCUT2D eigenvalue weighted by Gasteiger charge is 2.29. The summed E-state index contributed by atoms with van der Waals surface area (Å²) in [6.07, 6.45) is -4.11. The third-order valence-corrected chi connectivity index (χ3v) is 3.58. The Kier molecular flexibility index (Phi) is 5.24. The number of rotatable bonds is 4. The Bertz CT molecular complexity index is 636. The van der Waals surface area contributed by atoms with Gasteiger partial charge in [0.1, 0.15) is 0 Å². The SMILES string of the molecule is O=C(Cc1ccc(Br)cc1)NCc1ccc(C(F)(F)F)cc1. The zero-order valence-corrected chi connectivity index (χ0v) is 13.0. The van der Waals surface area contributed by atoms with Crippen LogP contribution < -0.4 is 5.32 Å². The normalized spacial score (nSPS) is 11.3. The lowest BCUT2D eigenvalue weighted by atomic mass is 10.1. The van der Waals surface area contributed by atoms with Crippen LogP contribution in [0, 0.1) is 0 Å². The van der Waals surface area contributed by atoms with Crippen molar-refractivity contribution in [1.29, 1.82) is 0 Å². The van der Waals surface area contributed by atoms with E-state index in [2.05, 4.69) is 21.2 Å². The van der Waals surface area contributed by atoms with Gasteiger partial charge in [-0.15, -0.1) is 0 Å². The van der Waals surface area contributed by atoms with E-state index in [4.69, 9.17) is 0 Å². The van der Waals surface area contributed by atoms with Crippen molar-refractivity contribution in [2.75, 3.05) is 0 Å². The zero-order chi connectivity index (χ0) is 16.2. The van der Waals surface area contributed by atoms with Crippen LogP contribution in [0.4, 0.5) is 13.2 Å². The average Bonchev–Trinajstić information content (AvgIpc) is 2.47. The summed E-state index contributed by atoms with van der Waals surface area (Å²) < 4.78 is 38.2. The molecule has 22 heavy (non-hydrogen) atoms. The maximum Gasteiger partial charge on any atom is 0.416 e. The van der Waals surface area contributed by atoms with Gasteiger partial charge in [0, 0.05) is 11.0 Å². The van der Waals surface area contributed by atoms with Gasteiger partial charge in [0.15, 0.2) is 0 Å². The summed E-state index contributed by atoms with van der Waals surface area (Å²) in [4.78, 5) is 11.8. The van der Waals surface area contributed by atoms with E-state index >= 15 is 0 Å². The molecule has 0 radical (unpaired) electrons. The summed E-state index contributed by atoms with van der Waals surface area (Å²) in [6, 6.07) is 12.1. The van der Waals surface area contributed by atoms with E-state index < -0.39 is 11.7 Å². The standard InChI is InChI=1S/C16H13BrF3NO/c17-14-7-3-11(4-8-14)9-15(22)21-10-12-1-5-13(6-2-12)16(18,19)20/h1-8H,9-10H2,(H,21,22). The van der Waals surface area contributed by atoms with E-state index in [1.165, 1.54) is 12.1 Å². The molecular formula is C16H13BrF3NO. The Labute approximate surface area is 134 Å². The molecule has 0 aromatic heterocycles. The van der Waals surface area contributed by atoms with Crippen molar-refractivity contribution in [3.63, 3.8) is 0 Å². The highest BCUT2D eigenvalue weighted by molar-refractivity contribution is 9.10. The molecule has 2 aromatic rings. The van der Waals surface area contributed by atoms with Gasteiger partial charge in [-0.1, -0.05) is 40.2 Å². The second kappa shape index (κ2) is 6.96. The fraction of sp³-hybridized carbons (Fsp3) is 0.188. The Morgan fingerprint density at radius 1 is 0.955 bits per heavy atom. The smallest absolute Gasteiger partial charge is 0.352 e. The monoisotopic (exact) mass is 371 g/mol. The van der Waals surface area contributed by atoms with Crippen LogP contribution in [0.3, 0.4) is 0 Å². The zero-order valence-electron chi connectivity index (χ0n) is 11.5. The minimum absolute atomic E-state index is 0.178. The van der Waals surface area contributed by atoms with Crippen LogP contribution in [-0.2, 0) is 23.9 Å². The molecule has 0 aliphatic heterocycles. The molecule has 0 atom stereocenters. The van der Waals surface area contributed by atoms with Gasteiger partial charge < -0.3 is 5.32 Å². The lowest BCUT2D eigenvalue weighted by Crippen LogP contribution is -2.24. The third kappa shape index (κ3) is 4.87. The minimum Gasteiger partial charge on any atom is -0.352 e. The highest BCUT2D eigenvalue weighted by Crippen LogP contribution is 2.29. The first kappa shape index (κ1) is 16.5. The molecule has 0 unspecified atom stereocenters. The van der Waals surface area contributed by atoms with Gasteiger partial charge in [-0.2, -0.15) is 13.2 Å². The number of amides is 1. The molecule has 0 spiro atoms. The van der Waals surface area contributed by atoms with Crippen molar-refractivity contribution < 1.29 is 18.0 Å². The first-order chi connectivity index (χ1) is 10.3. The Balaban J connectivity index is 1.87. The topological polar surface area (TPSA) is 29.1 Å². The van der Waals surface area contributed by atoms with Crippen LogP contribution >= 0.6 is 15.9 Å². The minimum atomic E-state index is -4.34. The van der Waals surface area contributed by atoms with Gasteiger partial charge in [0.05, 0.1) is 12.0 Å². The van der Waals surface area contributed by atoms with E-state index in [1.807, 2.05) is 24.3 Å². The van der Waals surface area contributed by atoms with Crippen LogP contribution in [0.25, 0.3) is 0 Å². The van der Waals surface area contributed by atoms with Crippen molar-refractivity contribution in [2.45, 2.75) is 19.1 Å². The van der Waals surface area contributed by atoms with E-state index in [1.54, 1.807) is 0 Å². The van der Waals surface area contributed by atoms with Crippen LogP contribution in [0.5, 0.6) is 0 Å². The number of carbonyl (C=O) groups excluding carboxylic acids is 1. The predicted octanol–water partition coefficient (Wildman–Crippen LogP) is 4.33. The number of hydrogen-bond donors (Lipinski definition) is 1. The molecule has 0 saturated carbocycles. The summed E-state index contributed by atoms with van der Waals surface area (Å²) in [5.41, 5.74) is 0.794. The number of nitrogens with one attached hydrogen (secondary N) is 1. The summed E-state index contributed by atoms with van der Waals surface area (Å²) in [7, 11) is 0. The summed E-state index contributed by atoms with van der Waals surface area (Å²) in [5.74, 6) is -0.178. The molecule has 0 bridgehead atoms. The lowest BCUT2D eigenvalue weighted by Gasteiger charge is -2.09. The summed E-state index contributed by atoms with van der Waals surface area (Å²) >= 11 is 3.31. The molecule has 2 nitrogen and oxygen atoms in total. The molecule has 2 rings (SSSR count). The summed E-state index contributed by atoms with van der Waals surface area (Å²) in [6.45, 7) is 0.202. The Morgan fingerprint density at radius 2 is 1.50 bits per heavy atom. The van der Waals surface area contributed by atoms with Crippen LogP contribution in [0.2, 0.25) is 0 Å². The van der Waals surface area contributed by atoms with Crippen molar-refractivity contribution in [1.82, 2.24) is 5.32 Å². The van der Waals surface area contributed by atoms with Crippen molar-refractivity contribution in [2.24, 2.45) is 0 Å². The molecule has 0 fully saturated rings. The van der Waals surface area contributed by atoms with Crippen molar-refractivity contribution >= 4 is 21.8 Å². The predicted molar refractivity (Wildman–Crippen MR) is 81.1 cm³/mol. The van der Waals surface area contributed by atoms with Gasteiger partial charge in [0.2, 0.25) is 5.91 Å². The molecule has 0 saturated heterocycles. The first-order valence-corrected chi connectivity index (χ1v) is 7.31. The molecule has 116 valence electrons. The molecule has 6 heteroatoms.